The molecule has 0 bridgehead atoms. The minimum atomic E-state index is 0.608. The van der Waals surface area contributed by atoms with Crippen LogP contribution in [-0.4, -0.2) is 25.3 Å². The van der Waals surface area contributed by atoms with Gasteiger partial charge in [0.25, 0.3) is 0 Å². The van der Waals surface area contributed by atoms with Crippen molar-refractivity contribution in [2.45, 2.75) is 26.7 Å². The van der Waals surface area contributed by atoms with Crippen molar-refractivity contribution in [1.29, 1.82) is 0 Å². The minimum Gasteiger partial charge on any atom is -0.342 e. The lowest BCUT2D eigenvalue weighted by atomic mass is 9.80. The van der Waals surface area contributed by atoms with Gasteiger partial charge in [-0.3, -0.25) is 0 Å². The van der Waals surface area contributed by atoms with Crippen molar-refractivity contribution in [2.75, 3.05) is 13.1 Å². The lowest BCUT2D eigenvalue weighted by Crippen LogP contribution is -2.37. The van der Waals surface area contributed by atoms with Gasteiger partial charge >= 0.3 is 0 Å². The van der Waals surface area contributed by atoms with Gasteiger partial charge in [-0.1, -0.05) is 48.6 Å². The van der Waals surface area contributed by atoms with Crippen molar-refractivity contribution >= 4 is 36.1 Å². The van der Waals surface area contributed by atoms with Crippen LogP contribution in [-0.2, 0) is 0 Å². The Morgan fingerprint density at radius 3 is 2.19 bits per heavy atom. The molecule has 4 heteroatoms. The van der Waals surface area contributed by atoms with E-state index in [2.05, 4.69) is 26.1 Å². The molecule has 1 aromatic rings. The molecule has 0 unspecified atom stereocenters. The van der Waals surface area contributed by atoms with Gasteiger partial charge in [-0.05, 0) is 38.1 Å². The molecule has 0 saturated carbocycles. The zero-order valence-electron chi connectivity index (χ0n) is 9.84. The minimum absolute atomic E-state index is 0.608. The van der Waals surface area contributed by atoms with Gasteiger partial charge in [0, 0.05) is 0 Å². The molecule has 0 aliphatic heterocycles. The van der Waals surface area contributed by atoms with E-state index < -0.39 is 0 Å². The fraction of sp³-hybridized carbons (Fsp3) is 0.500. The molecule has 0 amide bonds. The van der Waals surface area contributed by atoms with E-state index in [1.54, 1.807) is 0 Å². The van der Waals surface area contributed by atoms with E-state index in [4.69, 9.17) is 23.2 Å². The molecular weight excluding hydrogens is 240 g/mol. The molecule has 0 heterocycles. The third kappa shape index (κ3) is 4.36. The topological polar surface area (TPSA) is 3.24 Å². The summed E-state index contributed by atoms with van der Waals surface area (Å²) in [7, 11) is 2.15. The highest BCUT2D eigenvalue weighted by Gasteiger charge is 2.07. The monoisotopic (exact) mass is 256 g/mol. The van der Waals surface area contributed by atoms with Crippen molar-refractivity contribution in [3.05, 3.63) is 28.2 Å². The van der Waals surface area contributed by atoms with E-state index >= 15 is 0 Å². The van der Waals surface area contributed by atoms with Crippen molar-refractivity contribution in [2.24, 2.45) is 0 Å². The molecule has 1 nitrogen and oxygen atoms in total. The van der Waals surface area contributed by atoms with Crippen LogP contribution in [0, 0.1) is 0 Å². The Balaban J connectivity index is 2.65. The van der Waals surface area contributed by atoms with E-state index in [0.717, 1.165) is 31.4 Å². The van der Waals surface area contributed by atoms with Crippen LogP contribution in [0.4, 0.5) is 0 Å². The van der Waals surface area contributed by atoms with Crippen LogP contribution >= 0.6 is 23.2 Å². The van der Waals surface area contributed by atoms with Crippen molar-refractivity contribution < 1.29 is 0 Å². The van der Waals surface area contributed by atoms with Gasteiger partial charge in [0.05, 0.1) is 10.0 Å². The first-order valence-electron chi connectivity index (χ1n) is 5.71. The number of hydrogen-bond donors (Lipinski definition) is 0. The molecule has 0 aliphatic rings. The van der Waals surface area contributed by atoms with Crippen LogP contribution in [0.5, 0.6) is 0 Å². The van der Waals surface area contributed by atoms with Crippen LogP contribution in [0.1, 0.15) is 26.7 Å². The van der Waals surface area contributed by atoms with Crippen molar-refractivity contribution in [3.63, 3.8) is 0 Å². The lowest BCUT2D eigenvalue weighted by molar-refractivity contribution is 0.445. The van der Waals surface area contributed by atoms with Crippen molar-refractivity contribution in [1.82, 2.24) is 4.81 Å². The number of benzene rings is 1. The SMILES string of the molecule is CCCN([B]c1ccc(Cl)c(Cl)c1)CCC. The fourth-order valence-corrected chi connectivity index (χ4v) is 1.93. The Labute approximate surface area is 109 Å². The number of nitrogens with zero attached hydrogens (tertiary/aromatic N) is 1. The van der Waals surface area contributed by atoms with Crippen molar-refractivity contribution in [3.8, 4) is 0 Å². The smallest absolute Gasteiger partial charge is 0.247 e. The molecule has 87 valence electrons. The molecule has 0 atom stereocenters. The molecule has 1 aromatic carbocycles. The van der Waals surface area contributed by atoms with Gasteiger partial charge in [-0.25, -0.2) is 0 Å². The van der Waals surface area contributed by atoms with Gasteiger partial charge < -0.3 is 4.81 Å². The summed E-state index contributed by atoms with van der Waals surface area (Å²) < 4.78 is 0. The van der Waals surface area contributed by atoms with Gasteiger partial charge in [0.1, 0.15) is 0 Å². The van der Waals surface area contributed by atoms with E-state index in [1.165, 1.54) is 0 Å². The highest BCUT2D eigenvalue weighted by molar-refractivity contribution is 6.52. The lowest BCUT2D eigenvalue weighted by Gasteiger charge is -2.20. The third-order valence-electron chi connectivity index (χ3n) is 2.30. The van der Waals surface area contributed by atoms with Crippen LogP contribution in [0.3, 0.4) is 0 Å². The summed E-state index contributed by atoms with van der Waals surface area (Å²) in [5.41, 5.74) is 1.11. The Morgan fingerprint density at radius 1 is 1.06 bits per heavy atom. The number of rotatable bonds is 6. The molecular formula is C12H17BCl2N. The molecule has 0 N–H and O–H groups in total. The predicted octanol–water partition coefficient (Wildman–Crippen LogP) is 3.36. The zero-order valence-corrected chi connectivity index (χ0v) is 11.4. The van der Waals surface area contributed by atoms with Gasteiger partial charge in [0.2, 0.25) is 7.41 Å². The first-order valence-corrected chi connectivity index (χ1v) is 6.47. The Bertz CT molecular complexity index is 325. The zero-order chi connectivity index (χ0) is 12.0. The summed E-state index contributed by atoms with van der Waals surface area (Å²) in [5, 5.41) is 1.22. The molecule has 0 spiro atoms. The average molecular weight is 257 g/mol. The molecule has 1 radical (unpaired) electrons. The Kier molecular flexibility index (Phi) is 6.26. The maximum Gasteiger partial charge on any atom is 0.247 e. The summed E-state index contributed by atoms with van der Waals surface area (Å²) in [6.45, 7) is 6.53. The van der Waals surface area contributed by atoms with E-state index in [1.807, 2.05) is 18.2 Å². The largest absolute Gasteiger partial charge is 0.342 e. The predicted molar refractivity (Wildman–Crippen MR) is 74.0 cm³/mol. The van der Waals surface area contributed by atoms with Gasteiger partial charge in [-0.2, -0.15) is 0 Å². The average Bonchev–Trinajstić information content (AvgIpc) is 2.24. The summed E-state index contributed by atoms with van der Waals surface area (Å²) in [6, 6.07) is 5.74. The summed E-state index contributed by atoms with van der Waals surface area (Å²) in [6.07, 6.45) is 2.30. The second kappa shape index (κ2) is 7.21. The molecule has 0 saturated heterocycles. The highest BCUT2D eigenvalue weighted by atomic mass is 35.5. The standard InChI is InChI=1S/C12H17BCl2N/c1-3-7-16(8-4-2)13-10-5-6-11(14)12(15)9-10/h5-6,9H,3-4,7-8H2,1-2H3. The molecule has 0 aliphatic carbocycles. The maximum absolute atomic E-state index is 5.98. The normalized spacial score (nSPS) is 10.8. The van der Waals surface area contributed by atoms with E-state index in [9.17, 15) is 0 Å². The quantitative estimate of drug-likeness (QED) is 0.706. The summed E-state index contributed by atoms with van der Waals surface area (Å²) >= 11 is 11.9. The van der Waals surface area contributed by atoms with E-state index in [0.29, 0.717) is 10.0 Å². The highest BCUT2D eigenvalue weighted by Crippen LogP contribution is 2.18. The van der Waals surface area contributed by atoms with Crippen LogP contribution in [0.25, 0.3) is 0 Å². The number of halogens is 2. The third-order valence-corrected chi connectivity index (χ3v) is 3.04. The molecule has 16 heavy (non-hydrogen) atoms. The van der Waals surface area contributed by atoms with Crippen LogP contribution in [0.15, 0.2) is 18.2 Å². The Morgan fingerprint density at radius 2 is 1.69 bits per heavy atom. The fourth-order valence-electron chi connectivity index (χ4n) is 1.62. The second-order valence-electron chi connectivity index (χ2n) is 3.84. The molecule has 0 fully saturated rings. The maximum atomic E-state index is 5.98. The number of hydrogen-bond acceptors (Lipinski definition) is 1. The summed E-state index contributed by atoms with van der Waals surface area (Å²) in [5.74, 6) is 0. The van der Waals surface area contributed by atoms with Gasteiger partial charge in [-0.15, -0.1) is 0 Å². The molecule has 0 aromatic heterocycles. The van der Waals surface area contributed by atoms with Crippen LogP contribution in [0.2, 0.25) is 10.0 Å². The van der Waals surface area contributed by atoms with Crippen LogP contribution < -0.4 is 5.46 Å². The van der Waals surface area contributed by atoms with Gasteiger partial charge in [0.15, 0.2) is 0 Å². The second-order valence-corrected chi connectivity index (χ2v) is 4.65. The Hall–Kier alpha value is -0.175. The summed E-state index contributed by atoms with van der Waals surface area (Å²) in [4.78, 5) is 2.32. The first kappa shape index (κ1) is 13.9. The van der Waals surface area contributed by atoms with E-state index in [-0.39, 0.29) is 0 Å². The first-order chi connectivity index (χ1) is 7.67. The molecule has 1 rings (SSSR count).